The van der Waals surface area contributed by atoms with Crippen LogP contribution >= 0.6 is 0 Å². The van der Waals surface area contributed by atoms with Gasteiger partial charge in [0.05, 0.1) is 13.0 Å². The number of esters is 1. The highest BCUT2D eigenvalue weighted by Crippen LogP contribution is 2.15. The number of carbonyl (C=O) groups is 1. The van der Waals surface area contributed by atoms with Crippen molar-refractivity contribution in [3.05, 3.63) is 0 Å². The molecule has 0 aromatic rings. The van der Waals surface area contributed by atoms with Crippen LogP contribution in [0.4, 0.5) is 0 Å². The molecule has 4 nitrogen and oxygen atoms in total. The largest absolute Gasteiger partial charge is 0.469 e. The SMILES string of the molecule is COC(=O)C(C)CNCCCN1CCCCC1C. The van der Waals surface area contributed by atoms with Gasteiger partial charge in [0.2, 0.25) is 0 Å². The molecule has 0 spiro atoms. The molecule has 0 aromatic carbocycles. The molecule has 0 bridgehead atoms. The summed E-state index contributed by atoms with van der Waals surface area (Å²) in [5.74, 6) is -0.184. The van der Waals surface area contributed by atoms with Crippen molar-refractivity contribution in [2.45, 2.75) is 45.6 Å². The molecule has 1 saturated heterocycles. The van der Waals surface area contributed by atoms with Gasteiger partial charge in [-0.2, -0.15) is 0 Å². The maximum Gasteiger partial charge on any atom is 0.309 e. The van der Waals surface area contributed by atoms with Crippen molar-refractivity contribution in [2.75, 3.05) is 33.3 Å². The number of piperidine rings is 1. The fourth-order valence-electron chi connectivity index (χ4n) is 2.50. The van der Waals surface area contributed by atoms with Crippen LogP contribution in [0, 0.1) is 5.92 Å². The summed E-state index contributed by atoms with van der Waals surface area (Å²) >= 11 is 0. The predicted molar refractivity (Wildman–Crippen MR) is 73.6 cm³/mol. The van der Waals surface area contributed by atoms with E-state index in [0.29, 0.717) is 6.54 Å². The quantitative estimate of drug-likeness (QED) is 0.555. The predicted octanol–water partition coefficient (Wildman–Crippen LogP) is 1.65. The summed E-state index contributed by atoms with van der Waals surface area (Å²) in [6, 6.07) is 0.743. The number of methoxy groups -OCH3 is 1. The molecule has 1 rings (SSSR count). The Morgan fingerprint density at radius 2 is 2.28 bits per heavy atom. The first-order valence-corrected chi connectivity index (χ1v) is 7.17. The van der Waals surface area contributed by atoms with E-state index in [4.69, 9.17) is 4.74 Å². The summed E-state index contributed by atoms with van der Waals surface area (Å²) < 4.78 is 4.69. The van der Waals surface area contributed by atoms with Crippen LogP contribution in [0.2, 0.25) is 0 Å². The normalized spacial score (nSPS) is 22.7. The van der Waals surface area contributed by atoms with Crippen LogP contribution in [0.5, 0.6) is 0 Å². The van der Waals surface area contributed by atoms with Crippen molar-refractivity contribution in [2.24, 2.45) is 5.92 Å². The summed E-state index contributed by atoms with van der Waals surface area (Å²) in [6.07, 6.45) is 5.22. The van der Waals surface area contributed by atoms with Crippen LogP contribution in [0.3, 0.4) is 0 Å². The van der Waals surface area contributed by atoms with Crippen molar-refractivity contribution in [1.82, 2.24) is 10.2 Å². The van der Waals surface area contributed by atoms with Crippen molar-refractivity contribution in [3.63, 3.8) is 0 Å². The first-order chi connectivity index (χ1) is 8.65. The molecule has 1 heterocycles. The maximum absolute atomic E-state index is 11.2. The van der Waals surface area contributed by atoms with E-state index in [1.165, 1.54) is 39.5 Å². The number of carbonyl (C=O) groups excluding carboxylic acids is 1. The lowest BCUT2D eigenvalue weighted by Gasteiger charge is -2.33. The van der Waals surface area contributed by atoms with Gasteiger partial charge in [-0.25, -0.2) is 0 Å². The Morgan fingerprint density at radius 3 is 2.94 bits per heavy atom. The fraction of sp³-hybridized carbons (Fsp3) is 0.929. The van der Waals surface area contributed by atoms with Gasteiger partial charge in [0.25, 0.3) is 0 Å². The van der Waals surface area contributed by atoms with Gasteiger partial charge in [-0.05, 0) is 45.8 Å². The van der Waals surface area contributed by atoms with E-state index < -0.39 is 0 Å². The summed E-state index contributed by atoms with van der Waals surface area (Å²) in [5.41, 5.74) is 0. The van der Waals surface area contributed by atoms with Gasteiger partial charge in [0.15, 0.2) is 0 Å². The van der Waals surface area contributed by atoms with Gasteiger partial charge in [0, 0.05) is 12.6 Å². The third-order valence-corrected chi connectivity index (χ3v) is 3.79. The van der Waals surface area contributed by atoms with E-state index >= 15 is 0 Å². The summed E-state index contributed by atoms with van der Waals surface area (Å²) in [6.45, 7) is 8.32. The Labute approximate surface area is 111 Å². The molecule has 18 heavy (non-hydrogen) atoms. The second-order valence-corrected chi connectivity index (χ2v) is 5.36. The van der Waals surface area contributed by atoms with Crippen LogP contribution in [0.25, 0.3) is 0 Å². The molecular weight excluding hydrogens is 228 g/mol. The number of nitrogens with zero attached hydrogens (tertiary/aromatic N) is 1. The number of hydrogen-bond donors (Lipinski definition) is 1. The van der Waals surface area contributed by atoms with Crippen molar-refractivity contribution in [1.29, 1.82) is 0 Å². The zero-order valence-electron chi connectivity index (χ0n) is 12.1. The molecule has 0 aromatic heterocycles. The highest BCUT2D eigenvalue weighted by molar-refractivity contribution is 5.71. The van der Waals surface area contributed by atoms with E-state index in [9.17, 15) is 4.79 Å². The summed E-state index contributed by atoms with van der Waals surface area (Å²) in [7, 11) is 1.44. The number of hydrogen-bond acceptors (Lipinski definition) is 4. The third-order valence-electron chi connectivity index (χ3n) is 3.79. The smallest absolute Gasteiger partial charge is 0.309 e. The molecule has 4 heteroatoms. The van der Waals surface area contributed by atoms with Crippen LogP contribution < -0.4 is 5.32 Å². The van der Waals surface area contributed by atoms with Crippen molar-refractivity contribution >= 4 is 5.97 Å². The molecule has 0 amide bonds. The first kappa shape index (κ1) is 15.4. The van der Waals surface area contributed by atoms with Crippen LogP contribution in [-0.4, -0.2) is 50.2 Å². The number of likely N-dealkylation sites (tertiary alicyclic amines) is 1. The molecular formula is C14H28N2O2. The van der Waals surface area contributed by atoms with Crippen LogP contribution in [0.15, 0.2) is 0 Å². The monoisotopic (exact) mass is 256 g/mol. The molecule has 0 saturated carbocycles. The summed E-state index contributed by atoms with van der Waals surface area (Å²) in [5, 5.41) is 3.33. The third kappa shape index (κ3) is 5.36. The Kier molecular flexibility index (Phi) is 7.28. The molecule has 1 aliphatic rings. The van der Waals surface area contributed by atoms with Gasteiger partial charge in [0.1, 0.15) is 0 Å². The Balaban J connectivity index is 2.02. The molecule has 1 aliphatic heterocycles. The molecule has 106 valence electrons. The van der Waals surface area contributed by atoms with E-state index in [-0.39, 0.29) is 11.9 Å². The Bertz CT molecular complexity index is 246. The average Bonchev–Trinajstić information content (AvgIpc) is 2.39. The minimum atomic E-state index is -0.132. The molecule has 0 aliphatic carbocycles. The highest BCUT2D eigenvalue weighted by atomic mass is 16.5. The lowest BCUT2D eigenvalue weighted by molar-refractivity contribution is -0.144. The second kappa shape index (κ2) is 8.48. The molecule has 1 N–H and O–H groups in total. The molecule has 2 atom stereocenters. The minimum absolute atomic E-state index is 0.0519. The Morgan fingerprint density at radius 1 is 1.50 bits per heavy atom. The maximum atomic E-state index is 11.2. The molecule has 0 radical (unpaired) electrons. The zero-order valence-corrected chi connectivity index (χ0v) is 12.1. The topological polar surface area (TPSA) is 41.6 Å². The fourth-order valence-corrected chi connectivity index (χ4v) is 2.50. The van der Waals surface area contributed by atoms with E-state index in [0.717, 1.165) is 19.0 Å². The lowest BCUT2D eigenvalue weighted by Crippen LogP contribution is -2.39. The average molecular weight is 256 g/mol. The standard InChI is InChI=1S/C14H28N2O2/c1-12(14(17)18-3)11-15-8-6-10-16-9-5-4-7-13(16)2/h12-13,15H,4-11H2,1-3H3. The number of nitrogens with one attached hydrogen (secondary N) is 1. The minimum Gasteiger partial charge on any atom is -0.469 e. The molecule has 1 fully saturated rings. The van der Waals surface area contributed by atoms with Crippen molar-refractivity contribution in [3.8, 4) is 0 Å². The Hall–Kier alpha value is -0.610. The molecule has 2 unspecified atom stereocenters. The second-order valence-electron chi connectivity index (χ2n) is 5.36. The van der Waals surface area contributed by atoms with Crippen molar-refractivity contribution < 1.29 is 9.53 Å². The lowest BCUT2D eigenvalue weighted by atomic mass is 10.0. The van der Waals surface area contributed by atoms with Gasteiger partial charge in [-0.1, -0.05) is 13.3 Å². The van der Waals surface area contributed by atoms with E-state index in [1.807, 2.05) is 6.92 Å². The van der Waals surface area contributed by atoms with Gasteiger partial charge in [-0.15, -0.1) is 0 Å². The highest BCUT2D eigenvalue weighted by Gasteiger charge is 2.17. The zero-order chi connectivity index (χ0) is 13.4. The van der Waals surface area contributed by atoms with Gasteiger partial charge in [-0.3, -0.25) is 4.79 Å². The van der Waals surface area contributed by atoms with Crippen LogP contribution in [-0.2, 0) is 9.53 Å². The summed E-state index contributed by atoms with van der Waals surface area (Å²) in [4.78, 5) is 13.8. The number of ether oxygens (including phenoxy) is 1. The number of rotatable bonds is 7. The van der Waals surface area contributed by atoms with Gasteiger partial charge >= 0.3 is 5.97 Å². The van der Waals surface area contributed by atoms with E-state index in [2.05, 4.69) is 17.1 Å². The van der Waals surface area contributed by atoms with E-state index in [1.54, 1.807) is 0 Å². The first-order valence-electron chi connectivity index (χ1n) is 7.17. The van der Waals surface area contributed by atoms with Gasteiger partial charge < -0.3 is 15.0 Å². The van der Waals surface area contributed by atoms with Crippen LogP contribution in [0.1, 0.15) is 39.5 Å².